The van der Waals surface area contributed by atoms with E-state index in [1.54, 1.807) is 72.8 Å². The molecule has 1 aliphatic heterocycles. The average Bonchev–Trinajstić information content (AvgIpc) is 1.62. The van der Waals surface area contributed by atoms with Crippen LogP contribution in [-0.4, -0.2) is 167 Å². The number of guanidine groups is 3. The van der Waals surface area contributed by atoms with Crippen molar-refractivity contribution in [3.05, 3.63) is 219 Å². The summed E-state index contributed by atoms with van der Waals surface area (Å²) in [5.41, 5.74) is 38.0. The van der Waals surface area contributed by atoms with Gasteiger partial charge in [0.15, 0.2) is 37.7 Å². The first-order valence-corrected chi connectivity index (χ1v) is 38.6. The van der Waals surface area contributed by atoms with E-state index >= 15 is 0 Å². The second-order valence-electron chi connectivity index (χ2n) is 28.6. The molecule has 34 nitrogen and oxygen atoms in total. The zero-order valence-corrected chi connectivity index (χ0v) is 67.4. The molecule has 4 heterocycles. The highest BCUT2D eigenvalue weighted by atomic mass is 35.5. The summed E-state index contributed by atoms with van der Waals surface area (Å²) in [5, 5.41) is 34.7. The third-order valence-electron chi connectivity index (χ3n) is 18.8. The number of hydrogen-bond donors (Lipinski definition) is 15. The SMILES string of the molecule is C=C(N)[C@H](CCCN=C(N)N)NC(=O)c1ccc(Nc2nc(NC3(c4ccc(Cl)cc4)CC3)nc(OCC(F)(F)F)n2)cc1.C=C(O)[C@H](CN=C(N)N)NC(=O)c1ccc(Nc2nc(NC3(c4ccc(Cl)cc4)CC3)nc(OCC(F)(F)F)n2)cc1.Cc1ccc(C2(Nc3nc(Nc4ccc(C(=O)N5CCN=C5N)cc4)nc(OCC(F)(F)F)n3)CC2)cc1. The highest BCUT2D eigenvalue weighted by molar-refractivity contribution is 6.30. The van der Waals surface area contributed by atoms with Gasteiger partial charge in [-0.15, -0.1) is 0 Å². The van der Waals surface area contributed by atoms with Crippen molar-refractivity contribution in [3.8, 4) is 18.0 Å². The van der Waals surface area contributed by atoms with Crippen molar-refractivity contribution in [1.82, 2.24) is 60.4 Å². The van der Waals surface area contributed by atoms with Crippen LogP contribution in [0.15, 0.2) is 185 Å². The number of aliphatic imine (C=N–C) groups is 3. The molecule has 3 saturated carbocycles. The largest absolute Gasteiger partial charge is 0.511 e. The average molecular weight is 1770 g/mol. The highest BCUT2D eigenvalue weighted by Crippen LogP contribution is 2.50. The predicted molar refractivity (Wildman–Crippen MR) is 447 cm³/mol. The Morgan fingerprint density at radius 2 is 0.831 bits per heavy atom. The number of nitrogens with zero attached hydrogens (tertiary/aromatic N) is 13. The fourth-order valence-corrected chi connectivity index (χ4v) is 12.3. The Morgan fingerprint density at radius 3 is 1.15 bits per heavy atom. The molecule has 0 radical (unpaired) electrons. The predicted octanol–water partition coefficient (Wildman–Crippen LogP) is 11.4. The minimum absolute atomic E-state index is 0.00386. The van der Waals surface area contributed by atoms with Crippen LogP contribution in [0.1, 0.15) is 105 Å². The molecule has 3 aliphatic carbocycles. The van der Waals surface area contributed by atoms with E-state index in [0.29, 0.717) is 70.7 Å². The molecular weight excluding hydrogens is 1680 g/mol. The van der Waals surface area contributed by atoms with Gasteiger partial charge in [0.2, 0.25) is 35.7 Å². The normalized spacial score (nSPS) is 14.8. The molecule has 124 heavy (non-hydrogen) atoms. The summed E-state index contributed by atoms with van der Waals surface area (Å²) in [6.07, 6.45) is -8.10. The van der Waals surface area contributed by atoms with Crippen LogP contribution < -0.4 is 91.1 Å². The minimum atomic E-state index is -4.60. The number of hydrogen-bond acceptors (Lipinski definition) is 27. The molecular formula is C79H84Cl2F9N27O7. The molecule has 21 N–H and O–H groups in total. The van der Waals surface area contributed by atoms with E-state index in [9.17, 15) is 59.0 Å². The lowest BCUT2D eigenvalue weighted by molar-refractivity contribution is -0.155. The van der Waals surface area contributed by atoms with Crippen LogP contribution in [0.4, 0.5) is 92.3 Å². The van der Waals surface area contributed by atoms with Gasteiger partial charge in [-0.05, 0) is 172 Å². The molecule has 3 aromatic heterocycles. The maximum absolute atomic E-state index is 12.9. The third kappa shape index (κ3) is 27.0. The van der Waals surface area contributed by atoms with Crippen molar-refractivity contribution in [3.63, 3.8) is 0 Å². The van der Waals surface area contributed by atoms with E-state index in [1.165, 1.54) is 29.2 Å². The van der Waals surface area contributed by atoms with Crippen molar-refractivity contribution < 1.29 is 73.2 Å². The maximum Gasteiger partial charge on any atom is 0.422 e. The molecule has 45 heteroatoms. The number of halogens is 11. The van der Waals surface area contributed by atoms with Crippen LogP contribution in [0.3, 0.4) is 0 Å². The fraction of sp³-hybridized carbons (Fsp3) is 0.304. The molecule has 3 fully saturated rings. The molecule has 0 bridgehead atoms. The molecule has 13 rings (SSSR count). The molecule has 2 atom stereocenters. The molecule has 6 aromatic carbocycles. The number of anilines is 9. The maximum atomic E-state index is 12.9. The Kier molecular flexibility index (Phi) is 28.7. The number of aliphatic hydroxyl groups excluding tert-OH is 1. The summed E-state index contributed by atoms with van der Waals surface area (Å²) in [6, 6.07) is 38.1. The van der Waals surface area contributed by atoms with Gasteiger partial charge < -0.3 is 96.3 Å². The Morgan fingerprint density at radius 1 is 0.492 bits per heavy atom. The Labute approximate surface area is 711 Å². The van der Waals surface area contributed by atoms with Gasteiger partial charge in [0, 0.05) is 62.6 Å². The molecule has 0 unspecified atom stereocenters. The Balaban J connectivity index is 0.000000181. The van der Waals surface area contributed by atoms with Crippen molar-refractivity contribution in [1.29, 1.82) is 0 Å². The fourth-order valence-electron chi connectivity index (χ4n) is 12.0. The first-order valence-electron chi connectivity index (χ1n) is 37.8. The monoisotopic (exact) mass is 1760 g/mol. The number of ether oxygens (including phenoxy) is 3. The number of carbonyl (C=O) groups is 3. The lowest BCUT2D eigenvalue weighted by Gasteiger charge is -2.19. The van der Waals surface area contributed by atoms with Gasteiger partial charge in [0.05, 0.1) is 35.7 Å². The van der Waals surface area contributed by atoms with Gasteiger partial charge in [-0.2, -0.15) is 84.4 Å². The minimum Gasteiger partial charge on any atom is -0.511 e. The quantitative estimate of drug-likeness (QED) is 0.00585. The second-order valence-corrected chi connectivity index (χ2v) is 29.5. The smallest absolute Gasteiger partial charge is 0.422 e. The standard InChI is InChI=1S/C28H32ClF3N10O2.C26H27ClF3N9O3.C25H25F3N8O2/c1-16(33)21(3-2-14-36-23(34)35)38-22(43)17-4-10-20(11-5-17)37-24-39-25(41-26(40-24)44-15-28(30,31)32)42-27(12-13-27)18-6-8-19(29)9-7-18;1-14(40)19(12-33-21(31)32)35-20(41)15-2-8-18(9-3-15)34-22-36-23(38-24(37-22)42-13-26(28,29)30)39-25(10-11-25)16-4-6-17(27)7-5-16;1-15-2-6-17(7-3-15)24(10-11-24)35-22-32-21(33-23(34-22)38-14-25(26,27)28)31-18-8-4-16(5-9-18)19(37)36-13-12-30-20(36)29/h4-11,21H,1-3,12-15,33H2,(H,38,43)(H4,34,35,36)(H2,37,39,40,41,42);2-9,19,40H,1,10-13H2,(H,35,41)(H4,31,32,33)(H2,34,36,37,38,39);2-9H,10-14H2,1H3,(H2,29,30)(H2,31,32,33,34,35)/t21-;19-;/m00./s1. The van der Waals surface area contributed by atoms with Gasteiger partial charge in [0.1, 0.15) is 11.8 Å². The van der Waals surface area contributed by atoms with Crippen LogP contribution in [0.5, 0.6) is 18.0 Å². The van der Waals surface area contributed by atoms with Crippen LogP contribution in [-0.2, 0) is 16.6 Å². The van der Waals surface area contributed by atoms with Gasteiger partial charge in [-0.3, -0.25) is 34.3 Å². The van der Waals surface area contributed by atoms with E-state index in [2.05, 4.69) is 116 Å². The second kappa shape index (κ2) is 39.2. The van der Waals surface area contributed by atoms with E-state index in [1.807, 2.05) is 55.5 Å². The number of rotatable bonds is 34. The molecule has 0 spiro atoms. The molecule has 654 valence electrons. The van der Waals surface area contributed by atoms with Crippen LogP contribution >= 0.6 is 23.2 Å². The zero-order chi connectivity index (χ0) is 89.3. The van der Waals surface area contributed by atoms with Crippen molar-refractivity contribution >= 4 is 112 Å². The molecule has 4 aliphatic rings. The third-order valence-corrected chi connectivity index (χ3v) is 19.3. The number of nitrogens with one attached hydrogen (secondary N) is 8. The van der Waals surface area contributed by atoms with Crippen molar-refractivity contribution in [2.24, 2.45) is 49.4 Å². The number of alkyl halides is 9. The summed E-state index contributed by atoms with van der Waals surface area (Å²) in [5.74, 6) is -1.69. The van der Waals surface area contributed by atoms with Crippen LogP contribution in [0.25, 0.3) is 0 Å². The topological polar surface area (TPSA) is 508 Å². The molecule has 0 saturated heterocycles. The van der Waals surface area contributed by atoms with E-state index < -0.39 is 91.0 Å². The van der Waals surface area contributed by atoms with Crippen LogP contribution in [0, 0.1) is 6.92 Å². The Hall–Kier alpha value is -14.0. The zero-order valence-electron chi connectivity index (χ0n) is 65.9. The Bertz CT molecular complexity index is 5360. The summed E-state index contributed by atoms with van der Waals surface area (Å²) < 4.78 is 130. The number of aryl methyl sites for hydroxylation is 1. The number of aliphatic hydroxyl groups is 1. The van der Waals surface area contributed by atoms with E-state index in [4.69, 9.17) is 71.8 Å². The summed E-state index contributed by atoms with van der Waals surface area (Å²) >= 11 is 12.0. The number of aromatic nitrogens is 9. The molecule has 9 aromatic rings. The van der Waals surface area contributed by atoms with Crippen molar-refractivity contribution in [2.75, 3.05) is 77.9 Å². The van der Waals surface area contributed by atoms with Gasteiger partial charge in [-0.25, -0.2) is 0 Å². The van der Waals surface area contributed by atoms with Gasteiger partial charge >= 0.3 is 36.6 Å². The van der Waals surface area contributed by atoms with E-state index in [0.717, 1.165) is 60.8 Å². The molecule has 3 amide bonds. The highest BCUT2D eigenvalue weighted by Gasteiger charge is 2.48. The number of amides is 3. The van der Waals surface area contributed by atoms with E-state index in [-0.39, 0.29) is 88.9 Å². The van der Waals surface area contributed by atoms with Crippen LogP contribution in [0.2, 0.25) is 10.0 Å². The summed E-state index contributed by atoms with van der Waals surface area (Å²) in [7, 11) is 0. The van der Waals surface area contributed by atoms with Gasteiger partial charge in [-0.1, -0.05) is 90.5 Å². The first kappa shape index (κ1) is 90.8. The lowest BCUT2D eigenvalue weighted by Crippen LogP contribution is -2.39. The van der Waals surface area contributed by atoms with Crippen molar-refractivity contribution in [2.45, 2.75) is 106 Å². The summed E-state index contributed by atoms with van der Waals surface area (Å²) in [4.78, 5) is 88.3. The lowest BCUT2D eigenvalue weighted by atomic mass is 10.0. The first-order chi connectivity index (χ1) is 58.7. The number of nitrogens with two attached hydrogens (primary N) is 6. The number of benzene rings is 6. The number of carbonyl (C=O) groups excluding carboxylic acids is 3. The summed E-state index contributed by atoms with van der Waals surface area (Å²) in [6.45, 7) is 5.55. The van der Waals surface area contributed by atoms with Gasteiger partial charge in [0.25, 0.3) is 17.7 Å².